The Bertz CT molecular complexity index is 948. The second kappa shape index (κ2) is 5.89. The normalized spacial score (nSPS) is 12.3. The molecule has 0 radical (unpaired) electrons. The maximum Gasteiger partial charge on any atom is 0.420 e. The largest absolute Gasteiger partial charge is 0.420 e. The lowest BCUT2D eigenvalue weighted by molar-refractivity contribution is -0.118. The Morgan fingerprint density at radius 1 is 1.30 bits per heavy atom. The summed E-state index contributed by atoms with van der Waals surface area (Å²) in [5, 5.41) is 2.67. The van der Waals surface area contributed by atoms with Gasteiger partial charge in [-0.1, -0.05) is 23.7 Å². The number of hydrogen-bond acceptors (Lipinski definition) is 3. The molecular formula is C16H12ClFN2O3. The number of amides is 1. The third kappa shape index (κ3) is 2.85. The molecule has 0 aliphatic rings. The predicted molar refractivity (Wildman–Crippen MR) is 85.2 cm³/mol. The Morgan fingerprint density at radius 3 is 2.78 bits per heavy atom. The number of hydrogen-bond donors (Lipinski definition) is 1. The minimum absolute atomic E-state index is 0.00732. The van der Waals surface area contributed by atoms with Gasteiger partial charge >= 0.3 is 5.76 Å². The molecule has 0 aliphatic carbocycles. The summed E-state index contributed by atoms with van der Waals surface area (Å²) in [6.45, 7) is 1.53. The van der Waals surface area contributed by atoms with Crippen molar-refractivity contribution in [3.8, 4) is 0 Å². The number of aromatic nitrogens is 1. The van der Waals surface area contributed by atoms with E-state index in [0.29, 0.717) is 11.1 Å². The monoisotopic (exact) mass is 334 g/mol. The van der Waals surface area contributed by atoms with E-state index in [1.165, 1.54) is 23.6 Å². The molecule has 1 atom stereocenters. The van der Waals surface area contributed by atoms with E-state index < -0.39 is 23.5 Å². The summed E-state index contributed by atoms with van der Waals surface area (Å²) in [5.41, 5.74) is 0.874. The number of nitrogens with zero attached hydrogens (tertiary/aromatic N) is 1. The van der Waals surface area contributed by atoms with E-state index in [1.807, 2.05) is 0 Å². The number of halogens is 2. The number of para-hydroxylation sites is 2. The Hall–Kier alpha value is -2.60. The molecule has 1 amide bonds. The maximum atomic E-state index is 13.8. The molecule has 3 rings (SSSR count). The molecule has 7 heteroatoms. The van der Waals surface area contributed by atoms with Crippen LogP contribution in [0.5, 0.6) is 0 Å². The smallest absolute Gasteiger partial charge is 0.408 e. The summed E-state index contributed by atoms with van der Waals surface area (Å²) >= 11 is 5.67. The molecule has 2 aromatic carbocycles. The van der Waals surface area contributed by atoms with Crippen LogP contribution in [0.2, 0.25) is 5.02 Å². The van der Waals surface area contributed by atoms with Crippen LogP contribution >= 0.6 is 11.6 Å². The van der Waals surface area contributed by atoms with Gasteiger partial charge in [0.15, 0.2) is 5.58 Å². The topological polar surface area (TPSA) is 64.2 Å². The fraction of sp³-hybridized carbons (Fsp3) is 0.125. The first-order valence-corrected chi connectivity index (χ1v) is 7.21. The van der Waals surface area contributed by atoms with Gasteiger partial charge in [0.2, 0.25) is 5.91 Å². The van der Waals surface area contributed by atoms with Gasteiger partial charge in [-0.3, -0.25) is 9.36 Å². The maximum absolute atomic E-state index is 13.8. The lowest BCUT2D eigenvalue weighted by Gasteiger charge is -2.13. The van der Waals surface area contributed by atoms with Crippen LogP contribution in [0.15, 0.2) is 51.7 Å². The average molecular weight is 335 g/mol. The molecule has 118 valence electrons. The van der Waals surface area contributed by atoms with Crippen molar-refractivity contribution in [2.24, 2.45) is 0 Å². The quantitative estimate of drug-likeness (QED) is 0.796. The minimum atomic E-state index is -0.874. The highest BCUT2D eigenvalue weighted by atomic mass is 35.5. The fourth-order valence-electron chi connectivity index (χ4n) is 2.30. The molecule has 0 bridgehead atoms. The molecule has 0 spiro atoms. The Labute approximate surface area is 135 Å². The number of carbonyl (C=O) groups excluding carboxylic acids is 1. The first-order valence-electron chi connectivity index (χ1n) is 6.83. The number of fused-ring (bicyclic) bond motifs is 1. The van der Waals surface area contributed by atoms with Gasteiger partial charge in [-0.05, 0) is 37.3 Å². The first kappa shape index (κ1) is 15.3. The summed E-state index contributed by atoms with van der Waals surface area (Å²) in [5.74, 6) is -1.84. The van der Waals surface area contributed by atoms with Crippen LogP contribution in [-0.4, -0.2) is 10.5 Å². The molecule has 1 aromatic heterocycles. The van der Waals surface area contributed by atoms with Crippen LogP contribution in [-0.2, 0) is 4.79 Å². The van der Waals surface area contributed by atoms with Crippen molar-refractivity contribution in [1.82, 2.24) is 4.57 Å². The van der Waals surface area contributed by atoms with Crippen molar-refractivity contribution >= 4 is 34.3 Å². The molecule has 0 saturated carbocycles. The highest BCUT2D eigenvalue weighted by Crippen LogP contribution is 2.21. The van der Waals surface area contributed by atoms with Crippen molar-refractivity contribution in [3.63, 3.8) is 0 Å². The SMILES string of the molecule is C[C@H](C(=O)Nc1ccc(Cl)cc1F)n1c(=O)oc2ccccc21. The lowest BCUT2D eigenvalue weighted by atomic mass is 10.2. The molecular weight excluding hydrogens is 323 g/mol. The Morgan fingerprint density at radius 2 is 2.04 bits per heavy atom. The standard InChI is InChI=1S/C16H12ClFN2O3/c1-9(15(21)19-12-7-6-10(17)8-11(12)18)20-13-4-2-3-5-14(13)23-16(20)22/h2-9H,1H3,(H,19,21)/t9-/m1/s1. The van der Waals surface area contributed by atoms with Crippen LogP contribution in [0.4, 0.5) is 10.1 Å². The van der Waals surface area contributed by atoms with Gasteiger partial charge < -0.3 is 9.73 Å². The van der Waals surface area contributed by atoms with Crippen molar-refractivity contribution in [2.45, 2.75) is 13.0 Å². The van der Waals surface area contributed by atoms with Crippen molar-refractivity contribution < 1.29 is 13.6 Å². The van der Waals surface area contributed by atoms with Gasteiger partial charge in [0.25, 0.3) is 0 Å². The van der Waals surface area contributed by atoms with Gasteiger partial charge in [0, 0.05) is 5.02 Å². The van der Waals surface area contributed by atoms with Crippen LogP contribution < -0.4 is 11.1 Å². The number of benzene rings is 2. The highest BCUT2D eigenvalue weighted by molar-refractivity contribution is 6.30. The van der Waals surface area contributed by atoms with Crippen LogP contribution in [0.1, 0.15) is 13.0 Å². The number of anilines is 1. The Kier molecular flexibility index (Phi) is 3.92. The number of oxazole rings is 1. The summed E-state index contributed by atoms with van der Waals surface area (Å²) in [6.07, 6.45) is 0. The van der Waals surface area contributed by atoms with E-state index >= 15 is 0 Å². The predicted octanol–water partition coefficient (Wildman–Crippen LogP) is 3.59. The lowest BCUT2D eigenvalue weighted by Crippen LogP contribution is -2.29. The molecule has 0 unspecified atom stereocenters. The Balaban J connectivity index is 1.92. The van der Waals surface area contributed by atoms with Crippen LogP contribution in [0.3, 0.4) is 0 Å². The van der Waals surface area contributed by atoms with Gasteiger partial charge in [-0.15, -0.1) is 0 Å². The molecule has 1 heterocycles. The zero-order chi connectivity index (χ0) is 16.6. The fourth-order valence-corrected chi connectivity index (χ4v) is 2.45. The average Bonchev–Trinajstić information content (AvgIpc) is 2.85. The van der Waals surface area contributed by atoms with Crippen LogP contribution in [0, 0.1) is 5.82 Å². The highest BCUT2D eigenvalue weighted by Gasteiger charge is 2.22. The molecule has 23 heavy (non-hydrogen) atoms. The third-order valence-electron chi connectivity index (χ3n) is 3.47. The zero-order valence-corrected chi connectivity index (χ0v) is 12.8. The van der Waals surface area contributed by atoms with E-state index in [-0.39, 0.29) is 10.7 Å². The molecule has 0 fully saturated rings. The zero-order valence-electron chi connectivity index (χ0n) is 12.0. The summed E-state index contributed by atoms with van der Waals surface area (Å²) in [6, 6.07) is 9.82. The second-order valence-corrected chi connectivity index (χ2v) is 5.43. The molecule has 1 N–H and O–H groups in total. The number of nitrogens with one attached hydrogen (secondary N) is 1. The summed E-state index contributed by atoms with van der Waals surface area (Å²) < 4.78 is 20.1. The van der Waals surface area contributed by atoms with E-state index in [1.54, 1.807) is 24.3 Å². The van der Waals surface area contributed by atoms with E-state index in [2.05, 4.69) is 5.32 Å². The van der Waals surface area contributed by atoms with Gasteiger partial charge in [0.1, 0.15) is 11.9 Å². The van der Waals surface area contributed by atoms with Gasteiger partial charge in [-0.25, -0.2) is 9.18 Å². The van der Waals surface area contributed by atoms with Crippen molar-refractivity contribution in [1.29, 1.82) is 0 Å². The van der Waals surface area contributed by atoms with Crippen molar-refractivity contribution in [3.05, 3.63) is 63.9 Å². The van der Waals surface area contributed by atoms with E-state index in [0.717, 1.165) is 6.07 Å². The van der Waals surface area contributed by atoms with E-state index in [9.17, 15) is 14.0 Å². The molecule has 5 nitrogen and oxygen atoms in total. The summed E-state index contributed by atoms with van der Waals surface area (Å²) in [7, 11) is 0. The summed E-state index contributed by atoms with van der Waals surface area (Å²) in [4.78, 5) is 24.3. The molecule has 3 aromatic rings. The number of rotatable bonds is 3. The molecule has 0 saturated heterocycles. The molecule has 0 aliphatic heterocycles. The van der Waals surface area contributed by atoms with Crippen LogP contribution in [0.25, 0.3) is 11.1 Å². The minimum Gasteiger partial charge on any atom is -0.408 e. The third-order valence-corrected chi connectivity index (χ3v) is 3.71. The number of carbonyl (C=O) groups is 1. The van der Waals surface area contributed by atoms with Gasteiger partial charge in [0.05, 0.1) is 11.2 Å². The van der Waals surface area contributed by atoms with E-state index in [4.69, 9.17) is 16.0 Å². The van der Waals surface area contributed by atoms with Gasteiger partial charge in [-0.2, -0.15) is 0 Å². The first-order chi connectivity index (χ1) is 11.0. The van der Waals surface area contributed by atoms with Crippen molar-refractivity contribution in [2.75, 3.05) is 5.32 Å². The second-order valence-electron chi connectivity index (χ2n) is 5.00.